The van der Waals surface area contributed by atoms with Crippen LogP contribution in [0.2, 0.25) is 0 Å². The van der Waals surface area contributed by atoms with Gasteiger partial charge < -0.3 is 15.2 Å². The molecule has 0 aliphatic heterocycles. The van der Waals surface area contributed by atoms with Crippen LogP contribution in [0.3, 0.4) is 0 Å². The average molecular weight is 353 g/mol. The Morgan fingerprint density at radius 2 is 2.00 bits per heavy atom. The highest BCUT2D eigenvalue weighted by atomic mass is 32.2. The normalized spacial score (nSPS) is 14.6. The first-order chi connectivity index (χ1) is 11.6. The Labute approximate surface area is 147 Å². The second-order valence-corrected chi connectivity index (χ2v) is 7.45. The highest BCUT2D eigenvalue weighted by molar-refractivity contribution is 7.84. The Balaban J connectivity index is 2.26. The van der Waals surface area contributed by atoms with E-state index in [0.29, 0.717) is 23.6 Å². The zero-order valence-electron chi connectivity index (χ0n) is 14.5. The van der Waals surface area contributed by atoms with Gasteiger partial charge in [0, 0.05) is 34.9 Å². The first kappa shape index (κ1) is 20.6. The number of aliphatic hydroxyl groups excluding tert-OH is 1. The molecule has 0 fully saturated rings. The molecule has 2 unspecified atom stereocenters. The van der Waals surface area contributed by atoms with Gasteiger partial charge in [0.05, 0.1) is 11.6 Å². The summed E-state index contributed by atoms with van der Waals surface area (Å²) in [7, 11) is -0.738. The third-order valence-electron chi connectivity index (χ3n) is 3.69. The third-order valence-corrected chi connectivity index (χ3v) is 5.24. The smallest absolute Gasteiger partial charge is 0.119 e. The van der Waals surface area contributed by atoms with Crippen molar-refractivity contribution < 1.29 is 14.1 Å². The molecule has 0 amide bonds. The quantitative estimate of drug-likeness (QED) is 0.603. The van der Waals surface area contributed by atoms with Gasteiger partial charge in [-0.15, -0.1) is 0 Å². The fraction of sp³-hybridized carbons (Fsp3) is 0.611. The van der Waals surface area contributed by atoms with Gasteiger partial charge in [-0.2, -0.15) is 5.26 Å². The van der Waals surface area contributed by atoms with E-state index in [0.717, 1.165) is 25.0 Å². The number of benzene rings is 1. The molecule has 5 nitrogen and oxygen atoms in total. The average Bonchev–Trinajstić information content (AvgIpc) is 2.60. The van der Waals surface area contributed by atoms with E-state index >= 15 is 0 Å². The highest BCUT2D eigenvalue weighted by Gasteiger charge is 2.11. The van der Waals surface area contributed by atoms with Crippen molar-refractivity contribution in [3.63, 3.8) is 0 Å². The van der Waals surface area contributed by atoms with Gasteiger partial charge in [0.1, 0.15) is 18.5 Å². The monoisotopic (exact) mass is 352 g/mol. The second kappa shape index (κ2) is 12.0. The molecule has 0 saturated heterocycles. The Kier molecular flexibility index (Phi) is 10.3. The Morgan fingerprint density at radius 1 is 1.29 bits per heavy atom. The van der Waals surface area contributed by atoms with Crippen LogP contribution < -0.4 is 10.1 Å². The van der Waals surface area contributed by atoms with Crippen molar-refractivity contribution in [2.75, 3.05) is 24.7 Å². The van der Waals surface area contributed by atoms with Gasteiger partial charge in [0.25, 0.3) is 0 Å². The first-order valence-electron chi connectivity index (χ1n) is 8.48. The van der Waals surface area contributed by atoms with Crippen LogP contribution in [0.15, 0.2) is 24.3 Å². The fourth-order valence-corrected chi connectivity index (χ4v) is 3.44. The minimum absolute atomic E-state index is 0.192. The van der Waals surface area contributed by atoms with Crippen molar-refractivity contribution >= 4 is 10.8 Å². The van der Waals surface area contributed by atoms with Crippen molar-refractivity contribution in [2.24, 2.45) is 0 Å². The summed E-state index contributed by atoms with van der Waals surface area (Å²) in [5, 5.41) is 22.1. The zero-order chi connectivity index (χ0) is 17.8. The largest absolute Gasteiger partial charge is 0.491 e. The number of nitrogens with zero attached hydrogens (tertiary/aromatic N) is 1. The molecular formula is C18H28N2O3S. The van der Waals surface area contributed by atoms with E-state index < -0.39 is 16.9 Å². The Hall–Kier alpha value is -1.42. The van der Waals surface area contributed by atoms with Crippen LogP contribution in [0.4, 0.5) is 0 Å². The number of hydrogen-bond acceptors (Lipinski definition) is 5. The number of ether oxygens (including phenoxy) is 1. The van der Waals surface area contributed by atoms with Crippen LogP contribution in [0, 0.1) is 11.3 Å². The lowest BCUT2D eigenvalue weighted by atomic mass is 10.1. The molecule has 0 aromatic heterocycles. The molecule has 1 aromatic rings. The molecule has 3 atom stereocenters. The molecule has 0 heterocycles. The molecule has 0 bridgehead atoms. The van der Waals surface area contributed by atoms with Gasteiger partial charge in [0.15, 0.2) is 0 Å². The van der Waals surface area contributed by atoms with E-state index in [2.05, 4.69) is 12.2 Å². The summed E-state index contributed by atoms with van der Waals surface area (Å²) in [4.78, 5) is 0. The lowest BCUT2D eigenvalue weighted by molar-refractivity contribution is 0.103. The fourth-order valence-electron chi connectivity index (χ4n) is 2.23. The third kappa shape index (κ3) is 8.44. The summed E-state index contributed by atoms with van der Waals surface area (Å²) >= 11 is 0. The SMILES string of the molecule is CCCS(=O)CCC(CC)NC[C@H](O)COc1ccc(C#N)cc1. The van der Waals surface area contributed by atoms with Crippen molar-refractivity contribution in [1.29, 1.82) is 5.26 Å². The van der Waals surface area contributed by atoms with Gasteiger partial charge in [-0.25, -0.2) is 0 Å². The topological polar surface area (TPSA) is 82.3 Å². The van der Waals surface area contributed by atoms with Gasteiger partial charge >= 0.3 is 0 Å². The van der Waals surface area contributed by atoms with Gasteiger partial charge in [-0.1, -0.05) is 13.8 Å². The van der Waals surface area contributed by atoms with Crippen LogP contribution in [0.25, 0.3) is 0 Å². The predicted molar refractivity (Wildman–Crippen MR) is 97.5 cm³/mol. The molecule has 0 saturated carbocycles. The van der Waals surface area contributed by atoms with E-state index in [1.54, 1.807) is 24.3 Å². The van der Waals surface area contributed by atoms with Crippen LogP contribution in [-0.4, -0.2) is 46.1 Å². The van der Waals surface area contributed by atoms with Crippen molar-refractivity contribution in [1.82, 2.24) is 5.32 Å². The van der Waals surface area contributed by atoms with E-state index in [9.17, 15) is 9.32 Å². The minimum atomic E-state index is -0.738. The maximum atomic E-state index is 11.7. The number of rotatable bonds is 12. The lowest BCUT2D eigenvalue weighted by Gasteiger charge is -2.19. The molecule has 0 spiro atoms. The van der Waals surface area contributed by atoms with Crippen molar-refractivity contribution in [2.45, 2.75) is 45.3 Å². The van der Waals surface area contributed by atoms with Gasteiger partial charge in [-0.05, 0) is 43.5 Å². The minimum Gasteiger partial charge on any atom is -0.491 e. The highest BCUT2D eigenvalue weighted by Crippen LogP contribution is 2.11. The standard InChI is InChI=1S/C18H28N2O3S/c1-3-10-24(22)11-9-16(4-2)20-13-17(21)14-23-18-7-5-15(12-19)6-8-18/h5-8,16-17,20-21H,3-4,9-11,13-14H2,1-2H3/t16?,17-,24?/m0/s1. The first-order valence-corrected chi connectivity index (χ1v) is 9.97. The molecule has 6 heteroatoms. The molecule has 1 rings (SSSR count). The Morgan fingerprint density at radius 3 is 2.58 bits per heavy atom. The van der Waals surface area contributed by atoms with E-state index in [1.807, 2.05) is 13.0 Å². The molecule has 134 valence electrons. The second-order valence-electron chi connectivity index (χ2n) is 5.75. The summed E-state index contributed by atoms with van der Waals surface area (Å²) in [5.74, 6) is 2.10. The molecule has 2 N–H and O–H groups in total. The maximum Gasteiger partial charge on any atom is 0.119 e. The zero-order valence-corrected chi connectivity index (χ0v) is 15.3. The summed E-state index contributed by atoms with van der Waals surface area (Å²) in [6.45, 7) is 4.75. The summed E-state index contributed by atoms with van der Waals surface area (Å²) in [6.07, 6.45) is 2.12. The molecule has 0 radical (unpaired) electrons. The van der Waals surface area contributed by atoms with Crippen LogP contribution in [0.1, 0.15) is 38.7 Å². The van der Waals surface area contributed by atoms with Gasteiger partial charge in [-0.3, -0.25) is 4.21 Å². The molecule has 0 aliphatic carbocycles. The van der Waals surface area contributed by atoms with E-state index in [1.165, 1.54) is 0 Å². The van der Waals surface area contributed by atoms with E-state index in [-0.39, 0.29) is 12.6 Å². The number of nitrogens with one attached hydrogen (secondary N) is 1. The van der Waals surface area contributed by atoms with Crippen LogP contribution in [0.5, 0.6) is 5.75 Å². The van der Waals surface area contributed by atoms with Gasteiger partial charge in [0.2, 0.25) is 0 Å². The number of hydrogen-bond donors (Lipinski definition) is 2. The molecule has 0 aliphatic rings. The predicted octanol–water partition coefficient (Wildman–Crippen LogP) is 2.21. The van der Waals surface area contributed by atoms with Crippen molar-refractivity contribution in [3.8, 4) is 11.8 Å². The van der Waals surface area contributed by atoms with E-state index in [4.69, 9.17) is 10.00 Å². The Bertz CT molecular complexity index is 528. The van der Waals surface area contributed by atoms with Crippen LogP contribution >= 0.6 is 0 Å². The lowest BCUT2D eigenvalue weighted by Crippen LogP contribution is -2.38. The number of nitriles is 1. The summed E-state index contributed by atoms with van der Waals surface area (Å²) in [5.41, 5.74) is 0.579. The van der Waals surface area contributed by atoms with Crippen molar-refractivity contribution in [3.05, 3.63) is 29.8 Å². The number of aliphatic hydroxyl groups is 1. The molecular weight excluding hydrogens is 324 g/mol. The summed E-state index contributed by atoms with van der Waals surface area (Å²) < 4.78 is 17.2. The maximum absolute atomic E-state index is 11.7. The summed E-state index contributed by atoms with van der Waals surface area (Å²) in [6, 6.07) is 9.11. The molecule has 1 aromatic carbocycles. The molecule has 24 heavy (non-hydrogen) atoms. The van der Waals surface area contributed by atoms with Crippen LogP contribution in [-0.2, 0) is 10.8 Å².